The van der Waals surface area contributed by atoms with Crippen LogP contribution in [0.25, 0.3) is 43.9 Å². The molecule has 2 aromatic carbocycles. The van der Waals surface area contributed by atoms with Gasteiger partial charge in [-0.25, -0.2) is 13.8 Å². The number of carbonyl (C=O) groups excluding carboxylic acids is 2. The number of aliphatic hydroxyl groups excluding tert-OH is 1. The second-order valence-corrected chi connectivity index (χ2v) is 12.8. The summed E-state index contributed by atoms with van der Waals surface area (Å²) in [4.78, 5) is 34.0. The van der Waals surface area contributed by atoms with Crippen molar-refractivity contribution in [3.05, 3.63) is 89.0 Å². The fourth-order valence-electron chi connectivity index (χ4n) is 6.41. The van der Waals surface area contributed by atoms with Gasteiger partial charge in [0.2, 0.25) is 5.91 Å². The van der Waals surface area contributed by atoms with Crippen molar-refractivity contribution in [2.45, 2.75) is 39.1 Å². The number of amides is 2. The maximum atomic E-state index is 16.0. The molecule has 9 nitrogen and oxygen atoms in total. The van der Waals surface area contributed by atoms with Gasteiger partial charge in [-0.2, -0.15) is 5.10 Å². The van der Waals surface area contributed by atoms with E-state index in [2.05, 4.69) is 6.58 Å². The highest BCUT2D eigenvalue weighted by Gasteiger charge is 2.32. The summed E-state index contributed by atoms with van der Waals surface area (Å²) in [5, 5.41) is 17.4. The Morgan fingerprint density at radius 2 is 1.98 bits per heavy atom. The second kappa shape index (κ2) is 11.7. The van der Waals surface area contributed by atoms with Gasteiger partial charge in [0.05, 0.1) is 35.6 Å². The quantitative estimate of drug-likeness (QED) is 0.210. The number of nitrogens with zero attached hydrogens (tertiary/aromatic N) is 5. The van der Waals surface area contributed by atoms with Gasteiger partial charge in [0.1, 0.15) is 35.4 Å². The minimum Gasteiger partial charge on any atom is -0.490 e. The molecule has 2 amide bonds. The third kappa shape index (κ3) is 5.17. The molecule has 0 spiro atoms. The van der Waals surface area contributed by atoms with Gasteiger partial charge in [-0.05, 0) is 49.1 Å². The molecule has 0 aliphatic carbocycles. The largest absolute Gasteiger partial charge is 0.490 e. The zero-order valence-electron chi connectivity index (χ0n) is 26.0. The van der Waals surface area contributed by atoms with Gasteiger partial charge < -0.3 is 19.6 Å². The van der Waals surface area contributed by atoms with E-state index in [9.17, 15) is 19.1 Å². The van der Waals surface area contributed by atoms with Crippen molar-refractivity contribution in [2.75, 3.05) is 20.2 Å². The van der Waals surface area contributed by atoms with Crippen molar-refractivity contribution in [3.8, 4) is 39.5 Å². The Hall–Kier alpha value is -4.94. The van der Waals surface area contributed by atoms with Crippen LogP contribution >= 0.6 is 11.3 Å². The summed E-state index contributed by atoms with van der Waals surface area (Å²) in [5.74, 6) is -2.05. The molecule has 5 aromatic rings. The number of rotatable bonds is 7. The Labute approximate surface area is 273 Å². The first-order valence-corrected chi connectivity index (χ1v) is 16.0. The van der Waals surface area contributed by atoms with Crippen LogP contribution in [0.2, 0.25) is 0 Å². The number of benzene rings is 2. The molecule has 0 saturated carbocycles. The lowest BCUT2D eigenvalue weighted by molar-refractivity contribution is -0.129. The molecule has 3 aromatic heterocycles. The Bertz CT molecular complexity index is 2110. The van der Waals surface area contributed by atoms with Crippen LogP contribution in [0, 0.1) is 11.6 Å². The number of halogens is 2. The number of thiophene rings is 1. The SMILES string of the molecule is C=CC(=O)N1CCn2nc(-c3nc(-c4ccc5c(c4)C(=O)N(C)C5)c4ccsc4c3-c3c(F)cc(F)cc3OC[C@@H](C)O)cc2[C@H]1C. The van der Waals surface area contributed by atoms with Gasteiger partial charge in [-0.1, -0.05) is 18.7 Å². The first kappa shape index (κ1) is 30.7. The maximum Gasteiger partial charge on any atom is 0.254 e. The van der Waals surface area contributed by atoms with Crippen molar-refractivity contribution in [1.82, 2.24) is 24.6 Å². The minimum absolute atomic E-state index is 0.0122. The standard InChI is InChI=1S/C35H31F2N5O4S/c1-5-29(44)41-9-10-42-27(19(41)3)15-26(39-42)33-31(30-25(37)13-22(36)14-28(30)46-17-18(2)43)34-23(8-11-47-34)32(38-33)20-6-7-21-16-40(4)35(45)24(21)12-20/h5-8,11-15,18-19,43H,1,9-10,16-17H2,2-4H3/t18-,19-/m1/s1. The van der Waals surface area contributed by atoms with Crippen LogP contribution in [0.4, 0.5) is 8.78 Å². The van der Waals surface area contributed by atoms with Crippen LogP contribution in [0.5, 0.6) is 5.75 Å². The van der Waals surface area contributed by atoms with Gasteiger partial charge in [-0.15, -0.1) is 11.3 Å². The highest BCUT2D eigenvalue weighted by atomic mass is 32.1. The Morgan fingerprint density at radius 1 is 1.17 bits per heavy atom. The topological polar surface area (TPSA) is 101 Å². The number of pyridine rings is 1. The van der Waals surface area contributed by atoms with Crippen LogP contribution in [0.3, 0.4) is 0 Å². The zero-order chi connectivity index (χ0) is 33.1. The fraction of sp³-hybridized carbons (Fsp3) is 0.257. The summed E-state index contributed by atoms with van der Waals surface area (Å²) in [7, 11) is 1.75. The van der Waals surface area contributed by atoms with Gasteiger partial charge in [0.25, 0.3) is 5.91 Å². The summed E-state index contributed by atoms with van der Waals surface area (Å²) in [6, 6.07) is 11.0. The normalized spacial score (nSPS) is 16.4. The summed E-state index contributed by atoms with van der Waals surface area (Å²) < 4.78 is 38.9. The second-order valence-electron chi connectivity index (χ2n) is 11.9. The lowest BCUT2D eigenvalue weighted by Crippen LogP contribution is -2.40. The molecule has 47 heavy (non-hydrogen) atoms. The van der Waals surface area contributed by atoms with Gasteiger partial charge in [0.15, 0.2) is 0 Å². The molecule has 0 unspecified atom stereocenters. The lowest BCUT2D eigenvalue weighted by Gasteiger charge is -2.33. The molecule has 2 aliphatic heterocycles. The fourth-order valence-corrected chi connectivity index (χ4v) is 7.36. The molecule has 0 fully saturated rings. The molecule has 240 valence electrons. The summed E-state index contributed by atoms with van der Waals surface area (Å²) in [6.45, 7) is 8.23. The number of aromatic nitrogens is 3. The molecule has 5 heterocycles. The first-order valence-electron chi connectivity index (χ1n) is 15.2. The summed E-state index contributed by atoms with van der Waals surface area (Å²) in [6.07, 6.45) is 0.394. The minimum atomic E-state index is -0.889. The summed E-state index contributed by atoms with van der Waals surface area (Å²) in [5.41, 5.74) is 4.64. The Balaban J connectivity index is 1.50. The molecule has 2 aliphatic rings. The van der Waals surface area contributed by atoms with Gasteiger partial charge >= 0.3 is 0 Å². The molecule has 7 rings (SSSR count). The van der Waals surface area contributed by atoms with E-state index in [0.717, 1.165) is 23.4 Å². The first-order chi connectivity index (χ1) is 22.5. The predicted octanol–water partition coefficient (Wildman–Crippen LogP) is 6.21. The molecule has 0 bridgehead atoms. The number of fused-ring (bicyclic) bond motifs is 3. The van der Waals surface area contributed by atoms with Gasteiger partial charge in [-0.3, -0.25) is 14.3 Å². The maximum absolute atomic E-state index is 16.0. The Kier molecular flexibility index (Phi) is 7.64. The predicted molar refractivity (Wildman–Crippen MR) is 175 cm³/mol. The summed E-state index contributed by atoms with van der Waals surface area (Å²) >= 11 is 1.36. The third-order valence-electron chi connectivity index (χ3n) is 8.68. The van der Waals surface area contributed by atoms with Crippen molar-refractivity contribution in [2.24, 2.45) is 0 Å². The molecule has 1 N–H and O–H groups in total. The number of hydrogen-bond donors (Lipinski definition) is 1. The molecule has 2 atom stereocenters. The third-order valence-corrected chi connectivity index (χ3v) is 9.62. The van der Waals surface area contributed by atoms with Crippen LogP contribution in [0.15, 0.2) is 60.5 Å². The van der Waals surface area contributed by atoms with Crippen molar-refractivity contribution >= 4 is 33.2 Å². The lowest BCUT2D eigenvalue weighted by atomic mass is 9.95. The van der Waals surface area contributed by atoms with Crippen LogP contribution < -0.4 is 4.74 Å². The average molecular weight is 656 g/mol. The zero-order valence-corrected chi connectivity index (χ0v) is 26.8. The van der Waals surface area contributed by atoms with Crippen molar-refractivity contribution < 1.29 is 28.2 Å². The van der Waals surface area contributed by atoms with E-state index >= 15 is 4.39 Å². The van der Waals surface area contributed by atoms with Gasteiger partial charge in [0, 0.05) is 59.0 Å². The molecular formula is C35H31F2N5O4S. The van der Waals surface area contributed by atoms with Crippen LogP contribution in [-0.2, 0) is 17.9 Å². The highest BCUT2D eigenvalue weighted by Crippen LogP contribution is 2.47. The monoisotopic (exact) mass is 655 g/mol. The number of aliphatic hydroxyl groups is 1. The van der Waals surface area contributed by atoms with E-state index in [1.165, 1.54) is 24.3 Å². The number of carbonyl (C=O) groups is 2. The van der Waals surface area contributed by atoms with Crippen LogP contribution in [-0.4, -0.2) is 67.8 Å². The molecule has 0 saturated heterocycles. The number of hydrogen-bond acceptors (Lipinski definition) is 7. The highest BCUT2D eigenvalue weighted by molar-refractivity contribution is 7.18. The van der Waals surface area contributed by atoms with Crippen molar-refractivity contribution in [3.63, 3.8) is 0 Å². The van der Waals surface area contributed by atoms with Crippen LogP contribution in [0.1, 0.15) is 41.5 Å². The van der Waals surface area contributed by atoms with E-state index in [-0.39, 0.29) is 35.8 Å². The van der Waals surface area contributed by atoms with E-state index < -0.39 is 17.7 Å². The van der Waals surface area contributed by atoms with E-state index in [1.807, 2.05) is 47.3 Å². The molecule has 12 heteroatoms. The average Bonchev–Trinajstić information content (AvgIpc) is 3.77. The molecule has 0 radical (unpaired) electrons. The molecular weight excluding hydrogens is 624 g/mol. The van der Waals surface area contributed by atoms with E-state index in [1.54, 1.807) is 16.8 Å². The number of ether oxygens (including phenoxy) is 1. The van der Waals surface area contributed by atoms with E-state index in [0.29, 0.717) is 63.5 Å². The van der Waals surface area contributed by atoms with Crippen molar-refractivity contribution in [1.29, 1.82) is 0 Å². The smallest absolute Gasteiger partial charge is 0.254 e. The van der Waals surface area contributed by atoms with E-state index in [4.69, 9.17) is 14.8 Å². The Morgan fingerprint density at radius 3 is 2.74 bits per heavy atom.